The number of hydrogen-bond acceptors (Lipinski definition) is 5. The van der Waals surface area contributed by atoms with Crippen LogP contribution in [0, 0.1) is 11.7 Å². The fraction of sp³-hybridized carbons (Fsp3) is 0.0556. The summed E-state index contributed by atoms with van der Waals surface area (Å²) in [6, 6.07) is 11.8. The number of benzene rings is 2. The number of halogens is 2. The minimum Gasteiger partial charge on any atom is -0.301 e. The van der Waals surface area contributed by atoms with Gasteiger partial charge in [-0.05, 0) is 54.7 Å². The van der Waals surface area contributed by atoms with Crippen molar-refractivity contribution in [1.82, 2.24) is 10.7 Å². The second-order valence-corrected chi connectivity index (χ2v) is 6.95. The zero-order valence-corrected chi connectivity index (χ0v) is 16.5. The second kappa shape index (κ2) is 8.36. The van der Waals surface area contributed by atoms with Gasteiger partial charge in [-0.3, -0.25) is 19.3 Å². The summed E-state index contributed by atoms with van der Waals surface area (Å²) in [4.78, 5) is 38.0. The van der Waals surface area contributed by atoms with Gasteiger partial charge in [-0.1, -0.05) is 22.0 Å². The maximum atomic E-state index is 13.2. The summed E-state index contributed by atoms with van der Waals surface area (Å²) in [6.45, 7) is 0. The van der Waals surface area contributed by atoms with Gasteiger partial charge in [0.2, 0.25) is 5.91 Å². The lowest BCUT2D eigenvalue weighted by atomic mass is 10.1. The third-order valence-corrected chi connectivity index (χ3v) is 4.58. The van der Waals surface area contributed by atoms with Crippen molar-refractivity contribution in [1.29, 1.82) is 0 Å². The number of amides is 3. The van der Waals surface area contributed by atoms with Gasteiger partial charge in [0.25, 0.3) is 11.8 Å². The summed E-state index contributed by atoms with van der Waals surface area (Å²) in [5, 5.41) is 6.05. The van der Waals surface area contributed by atoms with Crippen LogP contribution in [0.2, 0.25) is 0 Å². The van der Waals surface area contributed by atoms with Crippen LogP contribution in [0.15, 0.2) is 58.1 Å². The zero-order valence-electron chi connectivity index (χ0n) is 14.1. The number of carbonyl (C=O) groups is 3. The van der Waals surface area contributed by atoms with Crippen molar-refractivity contribution in [2.24, 2.45) is 11.0 Å². The highest BCUT2D eigenvalue weighted by Crippen LogP contribution is 2.22. The summed E-state index contributed by atoms with van der Waals surface area (Å²) in [5.41, 5.74) is 2.68. The number of nitrogens with zero attached hydrogens (tertiary/aromatic N) is 2. The Morgan fingerprint density at radius 3 is 2.64 bits per heavy atom. The fourth-order valence-corrected chi connectivity index (χ4v) is 2.98. The second-order valence-electron chi connectivity index (χ2n) is 5.65. The molecule has 1 atom stereocenters. The van der Waals surface area contributed by atoms with E-state index in [9.17, 15) is 18.8 Å². The molecular weight excluding hydrogens is 451 g/mol. The van der Waals surface area contributed by atoms with E-state index < -0.39 is 29.5 Å². The standard InChI is InChI=1S/C18H12BrFN4O3S/c19-11-4-6-13(7-5-11)24-17(27)14(16(26)22-18(24)28)9-21-23-15(25)10-2-1-3-12(20)8-10/h1-9,14H,(H,23,25)(H,22,26,28)/b21-9-/t14-/m0/s1. The van der Waals surface area contributed by atoms with E-state index in [4.69, 9.17) is 12.2 Å². The maximum absolute atomic E-state index is 13.2. The van der Waals surface area contributed by atoms with Gasteiger partial charge in [0.15, 0.2) is 11.0 Å². The Bertz CT molecular complexity index is 997. The number of carbonyl (C=O) groups excluding carboxylic acids is 3. The van der Waals surface area contributed by atoms with Gasteiger partial charge in [0.05, 0.1) is 5.69 Å². The smallest absolute Gasteiger partial charge is 0.271 e. The van der Waals surface area contributed by atoms with Crippen molar-refractivity contribution in [3.05, 3.63) is 64.4 Å². The summed E-state index contributed by atoms with van der Waals surface area (Å²) in [7, 11) is 0. The van der Waals surface area contributed by atoms with Crippen molar-refractivity contribution in [3.63, 3.8) is 0 Å². The summed E-state index contributed by atoms with van der Waals surface area (Å²) < 4.78 is 14.0. The van der Waals surface area contributed by atoms with Gasteiger partial charge in [-0.15, -0.1) is 0 Å². The molecule has 1 heterocycles. The van der Waals surface area contributed by atoms with Crippen molar-refractivity contribution in [2.75, 3.05) is 4.90 Å². The lowest BCUT2D eigenvalue weighted by molar-refractivity contribution is -0.130. The number of hydrogen-bond donors (Lipinski definition) is 2. The van der Waals surface area contributed by atoms with Gasteiger partial charge < -0.3 is 5.32 Å². The molecule has 0 unspecified atom stereocenters. The first-order valence-electron chi connectivity index (χ1n) is 7.90. The molecule has 2 aromatic rings. The molecule has 2 N–H and O–H groups in total. The molecular formula is C18H12BrFN4O3S. The Morgan fingerprint density at radius 1 is 1.25 bits per heavy atom. The van der Waals surface area contributed by atoms with Crippen LogP contribution in [0.25, 0.3) is 0 Å². The molecule has 3 amide bonds. The van der Waals surface area contributed by atoms with E-state index in [1.807, 2.05) is 0 Å². The lowest BCUT2D eigenvalue weighted by Crippen LogP contribution is -2.58. The Kier molecular flexibility index (Phi) is 5.90. The van der Waals surface area contributed by atoms with Crippen LogP contribution in [0.3, 0.4) is 0 Å². The van der Waals surface area contributed by atoms with Crippen molar-refractivity contribution in [2.45, 2.75) is 0 Å². The first-order valence-corrected chi connectivity index (χ1v) is 9.10. The molecule has 7 nitrogen and oxygen atoms in total. The molecule has 0 bridgehead atoms. The zero-order chi connectivity index (χ0) is 20.3. The number of anilines is 1. The highest BCUT2D eigenvalue weighted by Gasteiger charge is 2.38. The summed E-state index contributed by atoms with van der Waals surface area (Å²) >= 11 is 8.39. The van der Waals surface area contributed by atoms with Gasteiger partial charge in [-0.2, -0.15) is 5.10 Å². The van der Waals surface area contributed by atoms with Crippen LogP contribution >= 0.6 is 28.1 Å². The van der Waals surface area contributed by atoms with E-state index >= 15 is 0 Å². The first-order chi connectivity index (χ1) is 13.4. The van der Waals surface area contributed by atoms with Crippen LogP contribution in [0.4, 0.5) is 10.1 Å². The minimum atomic E-state index is -1.29. The Labute approximate surface area is 172 Å². The van der Waals surface area contributed by atoms with Gasteiger partial charge >= 0.3 is 0 Å². The average Bonchev–Trinajstić information content (AvgIpc) is 2.65. The Balaban J connectivity index is 1.75. The van der Waals surface area contributed by atoms with Gasteiger partial charge in [0, 0.05) is 16.3 Å². The maximum Gasteiger partial charge on any atom is 0.271 e. The SMILES string of the molecule is O=C(N/N=C\[C@H]1C(=O)NC(=S)N(c2ccc(Br)cc2)C1=O)c1cccc(F)c1. The van der Waals surface area contributed by atoms with E-state index in [1.54, 1.807) is 24.3 Å². The Morgan fingerprint density at radius 2 is 1.96 bits per heavy atom. The quantitative estimate of drug-likeness (QED) is 0.315. The fourth-order valence-electron chi connectivity index (χ4n) is 2.42. The van der Waals surface area contributed by atoms with Crippen LogP contribution in [-0.4, -0.2) is 29.0 Å². The molecule has 1 fully saturated rings. The van der Waals surface area contributed by atoms with Crippen molar-refractivity contribution in [3.8, 4) is 0 Å². The van der Waals surface area contributed by atoms with Crippen molar-refractivity contribution < 1.29 is 18.8 Å². The van der Waals surface area contributed by atoms with Gasteiger partial charge in [-0.25, -0.2) is 9.82 Å². The monoisotopic (exact) mass is 462 g/mol. The normalized spacial score (nSPS) is 17.0. The molecule has 0 saturated carbocycles. The molecule has 142 valence electrons. The number of thiocarbonyl (C=S) groups is 1. The molecule has 28 heavy (non-hydrogen) atoms. The molecule has 10 heteroatoms. The molecule has 1 aliphatic rings. The molecule has 0 aromatic heterocycles. The van der Waals surface area contributed by atoms with Gasteiger partial charge in [0.1, 0.15) is 5.82 Å². The predicted molar refractivity (Wildman–Crippen MR) is 108 cm³/mol. The largest absolute Gasteiger partial charge is 0.301 e. The van der Waals surface area contributed by atoms with E-state index in [1.165, 1.54) is 23.1 Å². The Hall–Kier alpha value is -2.98. The van der Waals surface area contributed by atoms with E-state index in [0.717, 1.165) is 16.8 Å². The first kappa shape index (κ1) is 19.8. The molecule has 3 rings (SSSR count). The third-order valence-electron chi connectivity index (χ3n) is 3.76. The average molecular weight is 463 g/mol. The molecule has 1 saturated heterocycles. The molecule has 2 aromatic carbocycles. The summed E-state index contributed by atoms with van der Waals surface area (Å²) in [5.74, 6) is -3.81. The molecule has 0 radical (unpaired) electrons. The van der Waals surface area contributed by atoms with E-state index in [-0.39, 0.29) is 10.7 Å². The van der Waals surface area contributed by atoms with Crippen LogP contribution in [0.5, 0.6) is 0 Å². The third kappa shape index (κ3) is 4.29. The number of hydrazone groups is 1. The highest BCUT2D eigenvalue weighted by atomic mass is 79.9. The topological polar surface area (TPSA) is 90.9 Å². The van der Waals surface area contributed by atoms with Crippen LogP contribution in [0.1, 0.15) is 10.4 Å². The molecule has 0 aliphatic carbocycles. The highest BCUT2D eigenvalue weighted by molar-refractivity contribution is 9.10. The number of nitrogens with one attached hydrogen (secondary N) is 2. The van der Waals surface area contributed by atoms with Crippen molar-refractivity contribution >= 4 is 62.9 Å². The molecule has 0 spiro atoms. The lowest BCUT2D eigenvalue weighted by Gasteiger charge is -2.30. The van der Waals surface area contributed by atoms with Crippen LogP contribution < -0.4 is 15.6 Å². The molecule has 1 aliphatic heterocycles. The predicted octanol–water partition coefficient (Wildman–Crippen LogP) is 2.37. The summed E-state index contributed by atoms with van der Waals surface area (Å²) in [6.07, 6.45) is 1.00. The van der Waals surface area contributed by atoms with E-state index in [0.29, 0.717) is 5.69 Å². The number of rotatable bonds is 4. The minimum absolute atomic E-state index is 0.0502. The van der Waals surface area contributed by atoms with Crippen LogP contribution in [-0.2, 0) is 9.59 Å². The van der Waals surface area contributed by atoms with E-state index in [2.05, 4.69) is 31.8 Å².